The second kappa shape index (κ2) is 5.78. The Hall–Kier alpha value is -2.63. The third-order valence-electron chi connectivity index (χ3n) is 3.10. The second-order valence-electron chi connectivity index (χ2n) is 4.65. The van der Waals surface area contributed by atoms with Crippen LogP contribution in [0.25, 0.3) is 16.0 Å². The Bertz CT molecular complexity index is 827. The molecule has 0 saturated carbocycles. The van der Waals surface area contributed by atoms with Gasteiger partial charge in [0, 0.05) is 0 Å². The van der Waals surface area contributed by atoms with Crippen LogP contribution in [0.4, 0.5) is 40.8 Å². The molecular weight excluding hydrogens is 346 g/mol. The lowest BCUT2D eigenvalue weighted by atomic mass is 9.95. The third kappa shape index (κ3) is 3.32. The lowest BCUT2D eigenvalue weighted by molar-refractivity contribution is -0.142. The van der Waals surface area contributed by atoms with Crippen molar-refractivity contribution in [2.75, 3.05) is 0 Å². The van der Waals surface area contributed by atoms with Crippen molar-refractivity contribution in [2.24, 2.45) is 0 Å². The number of alkyl halides is 6. The fraction of sp³-hybridized carbons (Fsp3) is 0.133. The highest BCUT2D eigenvalue weighted by Crippen LogP contribution is 2.43. The van der Waals surface area contributed by atoms with Crippen molar-refractivity contribution in [3.8, 4) is 11.1 Å². The first-order valence-corrected chi connectivity index (χ1v) is 6.10. The molecule has 2 aromatic rings. The van der Waals surface area contributed by atoms with Crippen molar-refractivity contribution in [1.29, 1.82) is 0 Å². The maximum absolute atomic E-state index is 13.3. The van der Waals surface area contributed by atoms with Crippen LogP contribution in [0, 0.1) is 18.2 Å². The second-order valence-corrected chi connectivity index (χ2v) is 4.65. The van der Waals surface area contributed by atoms with E-state index in [9.17, 15) is 35.1 Å². The van der Waals surface area contributed by atoms with Crippen LogP contribution < -0.4 is 0 Å². The molecule has 0 aliphatic heterocycles. The van der Waals surface area contributed by atoms with Gasteiger partial charge >= 0.3 is 12.4 Å². The number of hydrogen-bond donors (Lipinski definition) is 0. The lowest BCUT2D eigenvalue weighted by Crippen LogP contribution is -2.12. The van der Waals surface area contributed by atoms with E-state index in [4.69, 9.17) is 6.57 Å². The molecular formula is C15H5F8N. The summed E-state index contributed by atoms with van der Waals surface area (Å²) in [7, 11) is 0. The Morgan fingerprint density at radius 3 is 1.83 bits per heavy atom. The van der Waals surface area contributed by atoms with Crippen molar-refractivity contribution in [3.63, 3.8) is 0 Å². The molecule has 0 aliphatic rings. The van der Waals surface area contributed by atoms with E-state index in [1.54, 1.807) is 0 Å². The van der Waals surface area contributed by atoms with Crippen LogP contribution in [0.2, 0.25) is 0 Å². The van der Waals surface area contributed by atoms with E-state index in [2.05, 4.69) is 4.85 Å². The first-order valence-electron chi connectivity index (χ1n) is 6.10. The average molecular weight is 351 g/mol. The summed E-state index contributed by atoms with van der Waals surface area (Å²) in [6.45, 7) is 6.84. The first-order chi connectivity index (χ1) is 10.9. The third-order valence-corrected chi connectivity index (χ3v) is 3.10. The zero-order valence-electron chi connectivity index (χ0n) is 11.4. The monoisotopic (exact) mass is 351 g/mol. The quantitative estimate of drug-likeness (QED) is 0.424. The molecule has 0 amide bonds. The molecule has 0 aromatic heterocycles. The highest BCUT2D eigenvalue weighted by Gasteiger charge is 2.38. The van der Waals surface area contributed by atoms with Crippen molar-refractivity contribution in [2.45, 2.75) is 12.4 Å². The molecule has 0 N–H and O–H groups in total. The number of nitrogens with zero attached hydrogens (tertiary/aromatic N) is 1. The molecule has 0 saturated heterocycles. The van der Waals surface area contributed by atoms with Crippen molar-refractivity contribution >= 4 is 5.69 Å². The van der Waals surface area contributed by atoms with Gasteiger partial charge in [-0.3, -0.25) is 0 Å². The molecule has 2 aromatic carbocycles. The van der Waals surface area contributed by atoms with E-state index in [0.29, 0.717) is 24.3 Å². The maximum Gasteiger partial charge on any atom is 0.416 e. The normalized spacial score (nSPS) is 12.1. The summed E-state index contributed by atoms with van der Waals surface area (Å²) < 4.78 is 104. The summed E-state index contributed by atoms with van der Waals surface area (Å²) in [6.07, 6.45) is -10.2. The molecule has 0 spiro atoms. The Kier molecular flexibility index (Phi) is 4.27. The Morgan fingerprint density at radius 2 is 1.33 bits per heavy atom. The molecule has 9 heteroatoms. The van der Waals surface area contributed by atoms with E-state index in [0.717, 1.165) is 0 Å². The number of halogens is 8. The van der Waals surface area contributed by atoms with Gasteiger partial charge in [0.05, 0.1) is 17.7 Å². The minimum absolute atomic E-state index is 0.135. The van der Waals surface area contributed by atoms with Crippen molar-refractivity contribution in [3.05, 3.63) is 64.5 Å². The highest BCUT2D eigenvalue weighted by atomic mass is 19.4. The Labute approximate surface area is 130 Å². The summed E-state index contributed by atoms with van der Waals surface area (Å²) in [6, 6.07) is 1.45. The number of benzene rings is 2. The predicted molar refractivity (Wildman–Crippen MR) is 68.1 cm³/mol. The summed E-state index contributed by atoms with van der Waals surface area (Å²) in [5, 5.41) is 0. The molecule has 2 rings (SSSR count). The van der Waals surface area contributed by atoms with Crippen LogP contribution in [0.1, 0.15) is 11.1 Å². The molecule has 0 atom stereocenters. The van der Waals surface area contributed by atoms with E-state index in [1.165, 1.54) is 0 Å². The molecule has 24 heavy (non-hydrogen) atoms. The minimum atomic E-state index is -5.19. The van der Waals surface area contributed by atoms with E-state index in [-0.39, 0.29) is 6.07 Å². The lowest BCUT2D eigenvalue weighted by Gasteiger charge is -2.17. The van der Waals surface area contributed by atoms with Gasteiger partial charge in [0.15, 0.2) is 11.5 Å². The molecule has 1 nitrogen and oxygen atoms in total. The standard InChI is InChI=1S/C15H5F8N/c1-24-13-6-12(17)11(16)5-9(13)8-3-2-7(14(18,19)20)4-10(8)15(21,22)23/h2-6H. The van der Waals surface area contributed by atoms with Crippen LogP contribution >= 0.6 is 0 Å². The molecule has 126 valence electrons. The molecule has 0 fully saturated rings. The van der Waals surface area contributed by atoms with Crippen LogP contribution in [0.3, 0.4) is 0 Å². The maximum atomic E-state index is 13.3. The number of rotatable bonds is 1. The van der Waals surface area contributed by atoms with Gasteiger partial charge in [0.2, 0.25) is 0 Å². The van der Waals surface area contributed by atoms with E-state index in [1.807, 2.05) is 0 Å². The molecule has 0 radical (unpaired) electrons. The summed E-state index contributed by atoms with van der Waals surface area (Å²) in [5.41, 5.74) is -5.40. The van der Waals surface area contributed by atoms with Crippen molar-refractivity contribution < 1.29 is 35.1 Å². The zero-order chi connectivity index (χ0) is 18.3. The van der Waals surface area contributed by atoms with Gasteiger partial charge in [-0.1, -0.05) is 6.07 Å². The van der Waals surface area contributed by atoms with Crippen LogP contribution in [0.15, 0.2) is 30.3 Å². The summed E-state index contributed by atoms with van der Waals surface area (Å²) in [5.74, 6) is -2.98. The van der Waals surface area contributed by atoms with Crippen LogP contribution in [-0.4, -0.2) is 0 Å². The minimum Gasteiger partial charge on any atom is -0.237 e. The first kappa shape index (κ1) is 17.7. The van der Waals surface area contributed by atoms with Crippen LogP contribution in [0.5, 0.6) is 0 Å². The van der Waals surface area contributed by atoms with Gasteiger partial charge in [0.25, 0.3) is 0 Å². The van der Waals surface area contributed by atoms with Gasteiger partial charge in [0.1, 0.15) is 5.82 Å². The fourth-order valence-corrected chi connectivity index (χ4v) is 2.03. The topological polar surface area (TPSA) is 4.36 Å². The fourth-order valence-electron chi connectivity index (χ4n) is 2.03. The van der Waals surface area contributed by atoms with Gasteiger partial charge in [-0.25, -0.2) is 13.6 Å². The Morgan fingerprint density at radius 1 is 0.750 bits per heavy atom. The van der Waals surface area contributed by atoms with Gasteiger partial charge in [-0.15, -0.1) is 0 Å². The highest BCUT2D eigenvalue weighted by molar-refractivity contribution is 5.81. The van der Waals surface area contributed by atoms with Gasteiger partial charge in [-0.2, -0.15) is 26.3 Å². The van der Waals surface area contributed by atoms with Crippen LogP contribution in [-0.2, 0) is 12.4 Å². The largest absolute Gasteiger partial charge is 0.416 e. The molecule has 0 heterocycles. The molecule has 0 unspecified atom stereocenters. The number of hydrogen-bond acceptors (Lipinski definition) is 0. The SMILES string of the molecule is [C-]#[N+]c1cc(F)c(F)cc1-c1ccc(C(F)(F)F)cc1C(F)(F)F. The molecule has 0 aliphatic carbocycles. The van der Waals surface area contributed by atoms with E-state index >= 15 is 0 Å². The summed E-state index contributed by atoms with van der Waals surface area (Å²) in [4.78, 5) is 2.80. The summed E-state index contributed by atoms with van der Waals surface area (Å²) >= 11 is 0. The van der Waals surface area contributed by atoms with Gasteiger partial charge in [-0.05, 0) is 35.4 Å². The molecule has 0 bridgehead atoms. The van der Waals surface area contributed by atoms with Crippen molar-refractivity contribution in [1.82, 2.24) is 0 Å². The predicted octanol–water partition coefficient (Wildman–Crippen LogP) is 6.22. The van der Waals surface area contributed by atoms with Gasteiger partial charge < -0.3 is 0 Å². The average Bonchev–Trinajstić information content (AvgIpc) is 2.47. The van der Waals surface area contributed by atoms with E-state index < -0.39 is 51.9 Å². The Balaban J connectivity index is 2.81. The smallest absolute Gasteiger partial charge is 0.237 e. The zero-order valence-corrected chi connectivity index (χ0v) is 11.4.